The molecule has 102 valence electrons. The predicted octanol–water partition coefficient (Wildman–Crippen LogP) is 3.07. The number of nitrogens with one attached hydrogen (secondary N) is 1. The molecule has 0 spiro atoms. The summed E-state index contributed by atoms with van der Waals surface area (Å²) in [5.41, 5.74) is 0. The Balaban J connectivity index is 1.63. The minimum atomic E-state index is -0.251. The Kier molecular flexibility index (Phi) is 5.20. The molecule has 0 atom stereocenters. The van der Waals surface area contributed by atoms with Crippen molar-refractivity contribution in [2.24, 2.45) is 0 Å². The van der Waals surface area contributed by atoms with E-state index < -0.39 is 0 Å². The fourth-order valence-electron chi connectivity index (χ4n) is 1.44. The van der Waals surface area contributed by atoms with Crippen LogP contribution in [-0.4, -0.2) is 27.5 Å². The predicted molar refractivity (Wildman–Crippen MR) is 73.0 cm³/mol. The van der Waals surface area contributed by atoms with Crippen LogP contribution in [0.4, 0.5) is 4.39 Å². The molecule has 1 aromatic heterocycles. The van der Waals surface area contributed by atoms with Crippen molar-refractivity contribution >= 4 is 11.8 Å². The van der Waals surface area contributed by atoms with E-state index in [9.17, 15) is 4.39 Å². The summed E-state index contributed by atoms with van der Waals surface area (Å²) in [5.74, 6) is 2.24. The van der Waals surface area contributed by atoms with E-state index in [1.54, 1.807) is 23.9 Å². The van der Waals surface area contributed by atoms with Gasteiger partial charge in [0.25, 0.3) is 0 Å². The molecule has 1 heterocycles. The van der Waals surface area contributed by atoms with Crippen molar-refractivity contribution in [1.29, 1.82) is 0 Å². The van der Waals surface area contributed by atoms with Crippen LogP contribution in [-0.2, 0) is 6.42 Å². The number of rotatable bonds is 7. The van der Waals surface area contributed by atoms with Crippen LogP contribution < -0.4 is 4.74 Å². The van der Waals surface area contributed by atoms with Crippen LogP contribution in [0.1, 0.15) is 19.2 Å². The molecule has 0 radical (unpaired) electrons. The molecule has 0 unspecified atom stereocenters. The largest absolute Gasteiger partial charge is 0.494 e. The van der Waals surface area contributed by atoms with Gasteiger partial charge in [-0.25, -0.2) is 9.37 Å². The number of thioether (sulfide) groups is 1. The zero-order chi connectivity index (χ0) is 13.5. The van der Waals surface area contributed by atoms with E-state index in [0.717, 1.165) is 29.6 Å². The number of aromatic nitrogens is 3. The number of ether oxygens (including phenoxy) is 1. The molecule has 0 amide bonds. The van der Waals surface area contributed by atoms with Crippen LogP contribution in [0.25, 0.3) is 0 Å². The number of hydrogen-bond donors (Lipinski definition) is 1. The number of benzene rings is 1. The lowest BCUT2D eigenvalue weighted by atomic mass is 10.3. The molecule has 0 aliphatic carbocycles. The first-order valence-corrected chi connectivity index (χ1v) is 7.19. The first-order chi connectivity index (χ1) is 9.28. The molecular weight excluding hydrogens is 265 g/mol. The Hall–Kier alpha value is -1.56. The van der Waals surface area contributed by atoms with Crippen molar-refractivity contribution < 1.29 is 9.13 Å². The summed E-state index contributed by atoms with van der Waals surface area (Å²) in [7, 11) is 0. The van der Waals surface area contributed by atoms with Gasteiger partial charge in [-0.2, -0.15) is 0 Å². The van der Waals surface area contributed by atoms with Crippen LogP contribution in [0.3, 0.4) is 0 Å². The highest BCUT2D eigenvalue weighted by atomic mass is 32.2. The lowest BCUT2D eigenvalue weighted by molar-refractivity contribution is 0.318. The van der Waals surface area contributed by atoms with Crippen LogP contribution in [0.2, 0.25) is 0 Å². The Morgan fingerprint density at radius 1 is 1.32 bits per heavy atom. The third kappa shape index (κ3) is 4.55. The van der Waals surface area contributed by atoms with Gasteiger partial charge in [-0.1, -0.05) is 18.7 Å². The van der Waals surface area contributed by atoms with Gasteiger partial charge >= 0.3 is 0 Å². The summed E-state index contributed by atoms with van der Waals surface area (Å²) >= 11 is 1.60. The zero-order valence-corrected chi connectivity index (χ0v) is 11.5. The summed E-state index contributed by atoms with van der Waals surface area (Å²) in [4.78, 5) is 4.31. The van der Waals surface area contributed by atoms with Gasteiger partial charge in [-0.15, -0.1) is 5.10 Å². The van der Waals surface area contributed by atoms with Crippen molar-refractivity contribution in [3.8, 4) is 5.75 Å². The zero-order valence-electron chi connectivity index (χ0n) is 10.7. The number of hydrogen-bond acceptors (Lipinski definition) is 4. The van der Waals surface area contributed by atoms with Gasteiger partial charge in [0.15, 0.2) is 0 Å². The second-order valence-electron chi connectivity index (χ2n) is 3.92. The summed E-state index contributed by atoms with van der Waals surface area (Å²) in [6.45, 7) is 2.63. The molecule has 1 aromatic carbocycles. The van der Waals surface area contributed by atoms with Gasteiger partial charge in [-0.3, -0.25) is 5.10 Å². The standard InChI is InChI=1S/C13H16FN3OS/c1-2-12-15-13(17-16-12)19-9-3-8-18-11-6-4-10(14)5-7-11/h4-7H,2-3,8-9H2,1H3,(H,15,16,17). The number of H-pyrrole nitrogens is 1. The molecule has 4 nitrogen and oxygen atoms in total. The van der Waals surface area contributed by atoms with Crippen LogP contribution in [0.15, 0.2) is 29.4 Å². The smallest absolute Gasteiger partial charge is 0.208 e. The molecule has 2 aromatic rings. The molecule has 0 fully saturated rings. The Morgan fingerprint density at radius 2 is 2.11 bits per heavy atom. The second kappa shape index (κ2) is 7.13. The van der Waals surface area contributed by atoms with Crippen molar-refractivity contribution in [2.75, 3.05) is 12.4 Å². The van der Waals surface area contributed by atoms with E-state index in [-0.39, 0.29) is 5.82 Å². The van der Waals surface area contributed by atoms with Crippen molar-refractivity contribution in [3.63, 3.8) is 0 Å². The third-order valence-corrected chi connectivity index (χ3v) is 3.38. The van der Waals surface area contributed by atoms with Crippen molar-refractivity contribution in [3.05, 3.63) is 35.9 Å². The minimum absolute atomic E-state index is 0.251. The first kappa shape index (κ1) is 13.9. The Morgan fingerprint density at radius 3 is 2.79 bits per heavy atom. The van der Waals surface area contributed by atoms with E-state index in [0.29, 0.717) is 12.4 Å². The maximum atomic E-state index is 12.7. The van der Waals surface area contributed by atoms with E-state index >= 15 is 0 Å². The highest BCUT2D eigenvalue weighted by Crippen LogP contribution is 2.15. The number of nitrogens with zero attached hydrogens (tertiary/aromatic N) is 2. The van der Waals surface area contributed by atoms with Crippen molar-refractivity contribution in [1.82, 2.24) is 15.2 Å². The molecule has 0 aliphatic heterocycles. The van der Waals surface area contributed by atoms with E-state index in [2.05, 4.69) is 15.2 Å². The second-order valence-corrected chi connectivity index (χ2v) is 4.98. The topological polar surface area (TPSA) is 50.8 Å². The highest BCUT2D eigenvalue weighted by Gasteiger charge is 2.02. The van der Waals surface area contributed by atoms with Gasteiger partial charge in [0, 0.05) is 12.2 Å². The van der Waals surface area contributed by atoms with Crippen LogP contribution >= 0.6 is 11.8 Å². The molecule has 1 N–H and O–H groups in total. The molecular formula is C13H16FN3OS. The summed E-state index contributed by atoms with van der Waals surface area (Å²) < 4.78 is 18.2. The number of aromatic amines is 1. The normalized spacial score (nSPS) is 10.6. The molecule has 6 heteroatoms. The van der Waals surface area contributed by atoms with E-state index in [4.69, 9.17) is 4.74 Å². The fraction of sp³-hybridized carbons (Fsp3) is 0.385. The summed E-state index contributed by atoms with van der Waals surface area (Å²) in [5, 5.41) is 7.75. The van der Waals surface area contributed by atoms with Crippen molar-refractivity contribution in [2.45, 2.75) is 24.9 Å². The highest BCUT2D eigenvalue weighted by molar-refractivity contribution is 7.99. The Labute approximate surface area is 115 Å². The molecule has 19 heavy (non-hydrogen) atoms. The minimum Gasteiger partial charge on any atom is -0.494 e. The van der Waals surface area contributed by atoms with Gasteiger partial charge in [-0.05, 0) is 30.7 Å². The van der Waals surface area contributed by atoms with Gasteiger partial charge in [0.05, 0.1) is 6.61 Å². The molecule has 0 saturated heterocycles. The van der Waals surface area contributed by atoms with Gasteiger partial charge in [0.2, 0.25) is 5.16 Å². The first-order valence-electron chi connectivity index (χ1n) is 6.20. The lowest BCUT2D eigenvalue weighted by Crippen LogP contribution is -1.98. The summed E-state index contributed by atoms with van der Waals surface area (Å²) in [6, 6.07) is 6.05. The average Bonchev–Trinajstić information content (AvgIpc) is 2.88. The number of halogens is 1. The van der Waals surface area contributed by atoms with Gasteiger partial charge < -0.3 is 4.74 Å². The van der Waals surface area contributed by atoms with Crippen LogP contribution in [0.5, 0.6) is 5.75 Å². The van der Waals surface area contributed by atoms with Gasteiger partial charge in [0.1, 0.15) is 17.4 Å². The maximum Gasteiger partial charge on any atom is 0.208 e. The molecule has 0 bridgehead atoms. The Bertz CT molecular complexity index is 501. The monoisotopic (exact) mass is 281 g/mol. The third-order valence-electron chi connectivity index (χ3n) is 2.45. The SMILES string of the molecule is CCc1nc(SCCCOc2ccc(F)cc2)n[nH]1. The van der Waals surface area contributed by atoms with E-state index in [1.807, 2.05) is 6.92 Å². The fourth-order valence-corrected chi connectivity index (χ4v) is 2.17. The molecule has 0 saturated carbocycles. The molecule has 2 rings (SSSR count). The molecule has 0 aliphatic rings. The van der Waals surface area contributed by atoms with Crippen LogP contribution in [0, 0.1) is 5.82 Å². The number of aryl methyl sites for hydroxylation is 1. The van der Waals surface area contributed by atoms with E-state index in [1.165, 1.54) is 12.1 Å². The maximum absolute atomic E-state index is 12.7. The average molecular weight is 281 g/mol. The summed E-state index contributed by atoms with van der Waals surface area (Å²) in [6.07, 6.45) is 1.75. The quantitative estimate of drug-likeness (QED) is 0.626. The lowest BCUT2D eigenvalue weighted by Gasteiger charge is -2.04.